The van der Waals surface area contributed by atoms with Crippen molar-refractivity contribution in [1.82, 2.24) is 14.8 Å². The molecule has 0 amide bonds. The van der Waals surface area contributed by atoms with Crippen LogP contribution >= 0.6 is 35.0 Å². The van der Waals surface area contributed by atoms with Crippen molar-refractivity contribution >= 4 is 46.9 Å². The zero-order valence-electron chi connectivity index (χ0n) is 23.7. The van der Waals surface area contributed by atoms with Crippen LogP contribution in [0.1, 0.15) is 35.2 Å². The van der Waals surface area contributed by atoms with Gasteiger partial charge in [-0.1, -0.05) is 114 Å². The van der Waals surface area contributed by atoms with E-state index in [1.807, 2.05) is 79.7 Å². The summed E-state index contributed by atoms with van der Waals surface area (Å²) in [5.41, 5.74) is 4.72. The van der Waals surface area contributed by atoms with Crippen LogP contribution in [0.2, 0.25) is 10.0 Å². The summed E-state index contributed by atoms with van der Waals surface area (Å²) in [7, 11) is 0. The van der Waals surface area contributed by atoms with Crippen LogP contribution < -0.4 is 10.1 Å². The predicted octanol–water partition coefficient (Wildman–Crippen LogP) is 8.49. The van der Waals surface area contributed by atoms with E-state index in [1.165, 1.54) is 17.3 Å². The molecule has 7 nitrogen and oxygen atoms in total. The van der Waals surface area contributed by atoms with Gasteiger partial charge in [-0.2, -0.15) is 4.98 Å². The van der Waals surface area contributed by atoms with E-state index in [4.69, 9.17) is 42.8 Å². The molecule has 1 aliphatic rings. The number of halogens is 2. The first-order valence-corrected chi connectivity index (χ1v) is 15.7. The minimum atomic E-state index is -0.569. The van der Waals surface area contributed by atoms with Crippen LogP contribution in [0.25, 0.3) is 0 Å². The van der Waals surface area contributed by atoms with Crippen molar-refractivity contribution in [2.75, 3.05) is 5.32 Å². The van der Waals surface area contributed by atoms with Gasteiger partial charge in [0.15, 0.2) is 0 Å². The maximum atomic E-state index is 13.6. The average molecular weight is 644 g/mol. The highest BCUT2D eigenvalue weighted by Gasteiger charge is 2.35. The van der Waals surface area contributed by atoms with Crippen LogP contribution in [-0.2, 0) is 28.5 Å². The third-order valence-corrected chi connectivity index (χ3v) is 8.73. The fourth-order valence-corrected chi connectivity index (χ4v) is 6.15. The molecular formula is C34H28Cl2N4O3S. The van der Waals surface area contributed by atoms with E-state index in [9.17, 15) is 4.79 Å². The number of aromatic nitrogens is 3. The standard InChI is InChI=1S/C34H28Cl2N4O3S/c1-22-30(32(41)43-19-23-9-4-2-5-10-23)31(40-33(37-22)38-34(39-40)44-21-24-11-6-3-7-12-24)25-15-17-26(18-16-25)42-20-27-28(35)13-8-14-29(27)36/h2-18,31H,19-21H2,1H3,(H,37,38,39). The van der Waals surface area contributed by atoms with Crippen molar-refractivity contribution in [2.45, 2.75) is 37.1 Å². The van der Waals surface area contributed by atoms with Gasteiger partial charge in [0.2, 0.25) is 11.1 Å². The number of nitrogens with zero attached hydrogens (tertiary/aromatic N) is 3. The number of anilines is 1. The lowest BCUT2D eigenvalue weighted by Gasteiger charge is -2.28. The minimum Gasteiger partial charge on any atom is -0.489 e. The third-order valence-electron chi connectivity index (χ3n) is 7.12. The number of rotatable bonds is 10. The maximum Gasteiger partial charge on any atom is 0.338 e. The Morgan fingerprint density at radius 2 is 1.52 bits per heavy atom. The zero-order chi connectivity index (χ0) is 30.5. The summed E-state index contributed by atoms with van der Waals surface area (Å²) in [6.45, 7) is 2.23. The number of hydrogen-bond acceptors (Lipinski definition) is 7. The van der Waals surface area contributed by atoms with Gasteiger partial charge < -0.3 is 14.8 Å². The quantitative estimate of drug-likeness (QED) is 0.121. The van der Waals surface area contributed by atoms with Crippen LogP contribution in [0.15, 0.2) is 120 Å². The zero-order valence-corrected chi connectivity index (χ0v) is 26.1. The molecular weight excluding hydrogens is 615 g/mol. The molecule has 0 bridgehead atoms. The molecule has 0 spiro atoms. The molecule has 10 heteroatoms. The molecule has 0 saturated carbocycles. The molecule has 0 aliphatic carbocycles. The Balaban J connectivity index is 1.27. The predicted molar refractivity (Wildman–Crippen MR) is 174 cm³/mol. The van der Waals surface area contributed by atoms with Crippen molar-refractivity contribution in [1.29, 1.82) is 0 Å². The van der Waals surface area contributed by atoms with Crippen molar-refractivity contribution in [3.05, 3.63) is 147 Å². The van der Waals surface area contributed by atoms with E-state index >= 15 is 0 Å². The van der Waals surface area contributed by atoms with Gasteiger partial charge in [0, 0.05) is 27.1 Å². The topological polar surface area (TPSA) is 78.3 Å². The highest BCUT2D eigenvalue weighted by molar-refractivity contribution is 7.98. The highest BCUT2D eigenvalue weighted by atomic mass is 35.5. The lowest BCUT2D eigenvalue weighted by atomic mass is 9.95. The second-order valence-corrected chi connectivity index (χ2v) is 11.9. The van der Waals surface area contributed by atoms with Crippen LogP contribution in [0.4, 0.5) is 5.95 Å². The number of benzene rings is 4. The second kappa shape index (κ2) is 13.6. The van der Waals surface area contributed by atoms with E-state index in [0.717, 1.165) is 16.9 Å². The third kappa shape index (κ3) is 6.78. The van der Waals surface area contributed by atoms with E-state index in [2.05, 4.69) is 17.4 Å². The molecule has 1 aromatic heterocycles. The summed E-state index contributed by atoms with van der Waals surface area (Å²) in [6.07, 6.45) is 0. The largest absolute Gasteiger partial charge is 0.489 e. The molecule has 0 saturated heterocycles. The SMILES string of the molecule is CC1=C(C(=O)OCc2ccccc2)C(c2ccc(OCc3c(Cl)cccc3Cl)cc2)n2nc(SCc3ccccc3)nc2N1. The lowest BCUT2D eigenvalue weighted by Crippen LogP contribution is -2.29. The molecule has 1 aliphatic heterocycles. The molecule has 1 N–H and O–H groups in total. The smallest absolute Gasteiger partial charge is 0.338 e. The lowest BCUT2D eigenvalue weighted by molar-refractivity contribution is -0.140. The van der Waals surface area contributed by atoms with Crippen molar-refractivity contribution < 1.29 is 14.3 Å². The first kappa shape index (κ1) is 29.8. The first-order valence-electron chi connectivity index (χ1n) is 13.9. The van der Waals surface area contributed by atoms with Crippen LogP contribution in [0, 0.1) is 0 Å². The molecule has 5 aromatic rings. The summed E-state index contributed by atoms with van der Waals surface area (Å²) >= 11 is 14.2. The van der Waals surface area contributed by atoms with E-state index in [-0.39, 0.29) is 13.2 Å². The van der Waals surface area contributed by atoms with Gasteiger partial charge in [-0.15, -0.1) is 5.10 Å². The number of thioether (sulfide) groups is 1. The fourth-order valence-electron chi connectivity index (χ4n) is 4.86. The fraction of sp³-hybridized carbons (Fsp3) is 0.147. The van der Waals surface area contributed by atoms with Gasteiger partial charge in [0.1, 0.15) is 25.0 Å². The van der Waals surface area contributed by atoms with Gasteiger partial charge in [-0.05, 0) is 47.9 Å². The Bertz CT molecular complexity index is 1770. The summed E-state index contributed by atoms with van der Waals surface area (Å²) in [5.74, 6) is 1.47. The van der Waals surface area contributed by atoms with Crippen molar-refractivity contribution in [3.8, 4) is 5.75 Å². The van der Waals surface area contributed by atoms with Gasteiger partial charge in [0.25, 0.3) is 0 Å². The normalized spacial score (nSPS) is 14.1. The summed E-state index contributed by atoms with van der Waals surface area (Å²) in [6, 6.07) is 32.1. The van der Waals surface area contributed by atoms with E-state index in [0.29, 0.717) is 43.7 Å². The second-order valence-electron chi connectivity index (χ2n) is 10.1. The maximum absolute atomic E-state index is 13.6. The molecule has 44 heavy (non-hydrogen) atoms. The number of ether oxygens (including phenoxy) is 2. The van der Waals surface area contributed by atoms with Crippen LogP contribution in [-0.4, -0.2) is 20.7 Å². The highest BCUT2D eigenvalue weighted by Crippen LogP contribution is 2.38. The van der Waals surface area contributed by atoms with E-state index < -0.39 is 12.0 Å². The Morgan fingerprint density at radius 3 is 2.20 bits per heavy atom. The number of allylic oxidation sites excluding steroid dienone is 1. The van der Waals surface area contributed by atoms with Crippen molar-refractivity contribution in [2.24, 2.45) is 0 Å². The van der Waals surface area contributed by atoms with Gasteiger partial charge >= 0.3 is 5.97 Å². The number of carbonyl (C=O) groups is 1. The monoisotopic (exact) mass is 642 g/mol. The Kier molecular flexibility index (Phi) is 9.21. The molecule has 6 rings (SSSR count). The van der Waals surface area contributed by atoms with Gasteiger partial charge in [-0.3, -0.25) is 0 Å². The molecule has 222 valence electrons. The Labute approximate surface area is 269 Å². The molecule has 0 fully saturated rings. The van der Waals surface area contributed by atoms with Crippen LogP contribution in [0.5, 0.6) is 5.75 Å². The van der Waals surface area contributed by atoms with E-state index in [1.54, 1.807) is 22.9 Å². The molecule has 0 radical (unpaired) electrons. The summed E-state index contributed by atoms with van der Waals surface area (Å²) < 4.78 is 13.5. The number of esters is 1. The minimum absolute atomic E-state index is 0.156. The number of nitrogens with one attached hydrogen (secondary N) is 1. The van der Waals surface area contributed by atoms with Crippen molar-refractivity contribution in [3.63, 3.8) is 0 Å². The number of fused-ring (bicyclic) bond motifs is 1. The summed E-state index contributed by atoms with van der Waals surface area (Å²) in [5, 5.41) is 9.79. The molecule has 1 atom stereocenters. The van der Waals surface area contributed by atoms with Crippen LogP contribution in [0.3, 0.4) is 0 Å². The molecule has 4 aromatic carbocycles. The van der Waals surface area contributed by atoms with Gasteiger partial charge in [0.05, 0.1) is 5.57 Å². The van der Waals surface area contributed by atoms with Gasteiger partial charge in [-0.25, -0.2) is 9.48 Å². The number of hydrogen-bond donors (Lipinski definition) is 1. The Morgan fingerprint density at radius 1 is 0.864 bits per heavy atom. The average Bonchev–Trinajstić information content (AvgIpc) is 3.45. The first-order chi connectivity index (χ1) is 21.5. The number of carbonyl (C=O) groups excluding carboxylic acids is 1. The summed E-state index contributed by atoms with van der Waals surface area (Å²) in [4.78, 5) is 18.4. The molecule has 2 heterocycles. The Hall–Kier alpha value is -4.24. The molecule has 1 unspecified atom stereocenters.